The summed E-state index contributed by atoms with van der Waals surface area (Å²) in [5.41, 5.74) is 3.23. The van der Waals surface area contributed by atoms with E-state index in [2.05, 4.69) is 56.4 Å². The monoisotopic (exact) mass is 367 g/mol. The van der Waals surface area contributed by atoms with Gasteiger partial charge in [0.25, 0.3) is 0 Å². The van der Waals surface area contributed by atoms with Crippen LogP contribution in [0.5, 0.6) is 0 Å². The van der Waals surface area contributed by atoms with Crippen molar-refractivity contribution < 1.29 is 4.79 Å². The number of aromatic nitrogens is 1. The van der Waals surface area contributed by atoms with E-state index in [0.29, 0.717) is 12.5 Å². The zero-order chi connectivity index (χ0) is 18.5. The number of amides is 1. The molecular weight excluding hydrogens is 342 g/mol. The van der Waals surface area contributed by atoms with Gasteiger partial charge in [-0.05, 0) is 42.2 Å². The Kier molecular flexibility index (Phi) is 5.89. The molecule has 3 rings (SSSR count). The number of rotatable bonds is 7. The summed E-state index contributed by atoms with van der Waals surface area (Å²) >= 11 is 1.61. The summed E-state index contributed by atoms with van der Waals surface area (Å²) in [7, 11) is 0. The molecule has 26 heavy (non-hydrogen) atoms. The van der Waals surface area contributed by atoms with E-state index in [1.807, 2.05) is 23.1 Å². The number of carbonyl (C=O) groups excluding carboxylic acids is 1. The molecule has 5 heteroatoms. The Balaban J connectivity index is 1.90. The number of thiazole rings is 1. The fourth-order valence-corrected chi connectivity index (χ4v) is 3.66. The molecule has 0 bridgehead atoms. The highest BCUT2D eigenvalue weighted by atomic mass is 32.1. The van der Waals surface area contributed by atoms with Crippen molar-refractivity contribution in [3.63, 3.8) is 0 Å². The van der Waals surface area contributed by atoms with Crippen molar-refractivity contribution in [2.75, 3.05) is 18.0 Å². The second kappa shape index (κ2) is 8.32. The molecule has 0 spiro atoms. The van der Waals surface area contributed by atoms with Crippen LogP contribution in [0.25, 0.3) is 10.2 Å². The van der Waals surface area contributed by atoms with Crippen molar-refractivity contribution >= 4 is 38.3 Å². The van der Waals surface area contributed by atoms with Crippen molar-refractivity contribution in [3.8, 4) is 0 Å². The van der Waals surface area contributed by atoms with Crippen LogP contribution in [-0.2, 0) is 11.2 Å². The number of fused-ring (bicyclic) bond motifs is 1. The molecule has 3 aromatic rings. The zero-order valence-electron chi connectivity index (χ0n) is 15.5. The lowest BCUT2D eigenvalue weighted by atomic mass is 10.1. The molecule has 0 unspecified atom stereocenters. The van der Waals surface area contributed by atoms with Gasteiger partial charge in [-0.2, -0.15) is 0 Å². The van der Waals surface area contributed by atoms with Gasteiger partial charge in [-0.1, -0.05) is 56.4 Å². The largest absolute Gasteiger partial charge is 0.354 e. The van der Waals surface area contributed by atoms with Crippen LogP contribution in [0.3, 0.4) is 0 Å². The summed E-state index contributed by atoms with van der Waals surface area (Å²) in [6, 6.07) is 16.4. The first-order valence-corrected chi connectivity index (χ1v) is 9.87. The van der Waals surface area contributed by atoms with Crippen LogP contribution in [0.2, 0.25) is 0 Å². The molecule has 0 fully saturated rings. The highest BCUT2D eigenvalue weighted by molar-refractivity contribution is 7.22. The second-order valence-electron chi connectivity index (χ2n) is 6.77. The first-order chi connectivity index (χ1) is 12.6. The van der Waals surface area contributed by atoms with E-state index >= 15 is 0 Å². The number of hydrogen-bond acceptors (Lipinski definition) is 4. The summed E-state index contributed by atoms with van der Waals surface area (Å²) in [5.74, 6) is 0.441. The average Bonchev–Trinajstić information content (AvgIpc) is 3.08. The minimum atomic E-state index is 0.0116. The van der Waals surface area contributed by atoms with Crippen LogP contribution >= 0.6 is 11.3 Å². The molecule has 1 amide bonds. The molecule has 2 aromatic carbocycles. The van der Waals surface area contributed by atoms with Crippen molar-refractivity contribution in [3.05, 3.63) is 54.1 Å². The molecule has 0 saturated carbocycles. The molecule has 0 aliphatic heterocycles. The molecule has 4 nitrogen and oxygen atoms in total. The number of hydrogen-bond donors (Lipinski definition) is 1. The lowest BCUT2D eigenvalue weighted by Crippen LogP contribution is -2.36. The highest BCUT2D eigenvalue weighted by Gasteiger charge is 2.18. The Morgan fingerprint density at radius 2 is 1.88 bits per heavy atom. The molecule has 1 aromatic heterocycles. The molecular formula is C21H25N3OS. The van der Waals surface area contributed by atoms with Gasteiger partial charge in [-0.25, -0.2) is 4.98 Å². The van der Waals surface area contributed by atoms with E-state index in [1.165, 1.54) is 5.56 Å². The maximum atomic E-state index is 12.5. The standard InChI is InChI=1S/C21H25N3OS/c1-4-16-9-11-17(12-10-16)24(14-20(25)22-13-15(2)3)21-23-18-7-5-6-8-19(18)26-21/h5-12,15H,4,13-14H2,1-3H3,(H,22,25). The molecule has 0 saturated heterocycles. The van der Waals surface area contributed by atoms with E-state index in [-0.39, 0.29) is 12.5 Å². The Bertz CT molecular complexity index is 837. The number of carbonyl (C=O) groups is 1. The molecule has 0 aliphatic rings. The van der Waals surface area contributed by atoms with Gasteiger partial charge in [-0.3, -0.25) is 4.79 Å². The van der Waals surface area contributed by atoms with Gasteiger partial charge in [0.2, 0.25) is 5.91 Å². The van der Waals surface area contributed by atoms with Crippen LogP contribution in [0.1, 0.15) is 26.3 Å². The van der Waals surface area contributed by atoms with E-state index in [1.54, 1.807) is 11.3 Å². The topological polar surface area (TPSA) is 45.2 Å². The summed E-state index contributed by atoms with van der Waals surface area (Å²) in [4.78, 5) is 19.2. The lowest BCUT2D eigenvalue weighted by Gasteiger charge is -2.22. The van der Waals surface area contributed by atoms with Crippen LogP contribution in [0.15, 0.2) is 48.5 Å². The van der Waals surface area contributed by atoms with Crippen molar-refractivity contribution in [1.82, 2.24) is 10.3 Å². The van der Waals surface area contributed by atoms with Crippen LogP contribution in [-0.4, -0.2) is 24.0 Å². The maximum Gasteiger partial charge on any atom is 0.240 e. The molecule has 0 atom stereocenters. The van der Waals surface area contributed by atoms with E-state index in [9.17, 15) is 4.79 Å². The first-order valence-electron chi connectivity index (χ1n) is 9.05. The maximum absolute atomic E-state index is 12.5. The minimum absolute atomic E-state index is 0.0116. The molecule has 1 heterocycles. The van der Waals surface area contributed by atoms with E-state index in [4.69, 9.17) is 4.98 Å². The van der Waals surface area contributed by atoms with Crippen molar-refractivity contribution in [2.45, 2.75) is 27.2 Å². The highest BCUT2D eigenvalue weighted by Crippen LogP contribution is 2.33. The summed E-state index contributed by atoms with van der Waals surface area (Å²) in [6.07, 6.45) is 0.996. The molecule has 136 valence electrons. The van der Waals surface area contributed by atoms with Gasteiger partial charge in [-0.15, -0.1) is 0 Å². The summed E-state index contributed by atoms with van der Waals surface area (Å²) in [5, 5.41) is 3.85. The fourth-order valence-electron chi connectivity index (χ4n) is 2.67. The predicted molar refractivity (Wildman–Crippen MR) is 110 cm³/mol. The minimum Gasteiger partial charge on any atom is -0.354 e. The molecule has 0 radical (unpaired) electrons. The smallest absolute Gasteiger partial charge is 0.240 e. The Morgan fingerprint density at radius 3 is 2.54 bits per heavy atom. The molecule has 1 N–H and O–H groups in total. The van der Waals surface area contributed by atoms with Gasteiger partial charge in [0, 0.05) is 12.2 Å². The number of nitrogens with one attached hydrogen (secondary N) is 1. The van der Waals surface area contributed by atoms with E-state index < -0.39 is 0 Å². The van der Waals surface area contributed by atoms with Crippen LogP contribution in [0, 0.1) is 5.92 Å². The van der Waals surface area contributed by atoms with E-state index in [0.717, 1.165) is 27.5 Å². The second-order valence-corrected chi connectivity index (χ2v) is 7.78. The Hall–Kier alpha value is -2.40. The van der Waals surface area contributed by atoms with Crippen LogP contribution < -0.4 is 10.2 Å². The van der Waals surface area contributed by atoms with Gasteiger partial charge >= 0.3 is 0 Å². The van der Waals surface area contributed by atoms with Gasteiger partial charge < -0.3 is 10.2 Å². The average molecular weight is 368 g/mol. The van der Waals surface area contributed by atoms with Crippen molar-refractivity contribution in [1.29, 1.82) is 0 Å². The molecule has 0 aliphatic carbocycles. The SMILES string of the molecule is CCc1ccc(N(CC(=O)NCC(C)C)c2nc3ccccc3s2)cc1. The Morgan fingerprint density at radius 1 is 1.15 bits per heavy atom. The third-order valence-electron chi connectivity index (χ3n) is 4.18. The third-order valence-corrected chi connectivity index (χ3v) is 5.24. The number of anilines is 2. The van der Waals surface area contributed by atoms with Crippen molar-refractivity contribution in [2.24, 2.45) is 5.92 Å². The quantitative estimate of drug-likeness (QED) is 0.654. The first kappa shape index (κ1) is 18.4. The number of benzene rings is 2. The summed E-state index contributed by atoms with van der Waals surface area (Å²) < 4.78 is 1.13. The normalized spacial score (nSPS) is 11.1. The van der Waals surface area contributed by atoms with Crippen LogP contribution in [0.4, 0.5) is 10.8 Å². The lowest BCUT2D eigenvalue weighted by molar-refractivity contribution is -0.119. The zero-order valence-corrected chi connectivity index (χ0v) is 16.3. The Labute approximate surface area is 158 Å². The number of aryl methyl sites for hydroxylation is 1. The fraction of sp³-hybridized carbons (Fsp3) is 0.333. The van der Waals surface area contributed by atoms with Gasteiger partial charge in [0.1, 0.15) is 6.54 Å². The predicted octanol–water partition coefficient (Wildman–Crippen LogP) is 4.77. The third kappa shape index (κ3) is 4.41. The van der Waals surface area contributed by atoms with Gasteiger partial charge in [0.15, 0.2) is 5.13 Å². The number of nitrogens with zero attached hydrogens (tertiary/aromatic N) is 2. The summed E-state index contributed by atoms with van der Waals surface area (Å²) in [6.45, 7) is 7.27. The van der Waals surface area contributed by atoms with Gasteiger partial charge in [0.05, 0.1) is 10.2 Å². The number of para-hydroxylation sites is 1.